The predicted molar refractivity (Wildman–Crippen MR) is 133 cm³/mol. The lowest BCUT2D eigenvalue weighted by Gasteiger charge is -2.35. The van der Waals surface area contributed by atoms with Crippen molar-refractivity contribution in [2.24, 2.45) is 0 Å². The Labute approximate surface area is 195 Å². The number of nitrogens with zero attached hydrogens (tertiary/aromatic N) is 4. The number of rotatable bonds is 5. The van der Waals surface area contributed by atoms with Crippen LogP contribution in [-0.4, -0.2) is 40.8 Å². The Balaban J connectivity index is 1.51. The lowest BCUT2D eigenvalue weighted by atomic mass is 10.0. The van der Waals surface area contributed by atoms with Crippen molar-refractivity contribution in [1.29, 1.82) is 0 Å². The Kier molecular flexibility index (Phi) is 7.73. The van der Waals surface area contributed by atoms with Crippen LogP contribution in [-0.2, 0) is 6.54 Å². The van der Waals surface area contributed by atoms with Gasteiger partial charge in [-0.05, 0) is 68.9 Å². The summed E-state index contributed by atoms with van der Waals surface area (Å²) < 4.78 is 13.1. The topological polar surface area (TPSA) is 56.3 Å². The first-order chi connectivity index (χ1) is 15.6. The lowest BCUT2D eigenvalue weighted by Crippen LogP contribution is -2.38. The maximum atomic E-state index is 13.1. The number of thiocarbonyl (C=S) groups is 1. The average molecular weight is 457 g/mol. The van der Waals surface area contributed by atoms with Crippen LogP contribution in [0, 0.1) is 5.82 Å². The molecular weight excluding hydrogens is 423 g/mol. The third-order valence-electron chi connectivity index (χ3n) is 6.32. The van der Waals surface area contributed by atoms with Gasteiger partial charge in [-0.1, -0.05) is 25.0 Å². The van der Waals surface area contributed by atoms with Crippen LogP contribution in [0.5, 0.6) is 0 Å². The van der Waals surface area contributed by atoms with Gasteiger partial charge in [-0.25, -0.2) is 4.39 Å². The summed E-state index contributed by atoms with van der Waals surface area (Å²) in [6.45, 7) is 5.85. The molecule has 2 fully saturated rings. The van der Waals surface area contributed by atoms with Crippen LogP contribution in [0.2, 0.25) is 0 Å². The van der Waals surface area contributed by atoms with E-state index >= 15 is 0 Å². The Bertz CT molecular complexity index is 898. The second-order valence-corrected chi connectivity index (χ2v) is 9.19. The van der Waals surface area contributed by atoms with Crippen molar-refractivity contribution in [3.63, 3.8) is 0 Å². The molecule has 0 unspecified atom stereocenters. The molecule has 4 rings (SSSR count). The van der Waals surface area contributed by atoms with Crippen LogP contribution >= 0.6 is 12.2 Å². The van der Waals surface area contributed by atoms with Gasteiger partial charge in [0.1, 0.15) is 17.5 Å². The van der Waals surface area contributed by atoms with Crippen LogP contribution in [0.15, 0.2) is 30.3 Å². The van der Waals surface area contributed by atoms with E-state index in [0.29, 0.717) is 23.6 Å². The average Bonchev–Trinajstić information content (AvgIpc) is 3.08. The van der Waals surface area contributed by atoms with Crippen LogP contribution in [0.1, 0.15) is 57.4 Å². The van der Waals surface area contributed by atoms with Crippen LogP contribution < -0.4 is 20.4 Å². The smallest absolute Gasteiger partial charge is 0.232 e. The molecule has 1 aromatic heterocycles. The minimum atomic E-state index is -0.243. The first-order valence-corrected chi connectivity index (χ1v) is 12.2. The first-order valence-electron chi connectivity index (χ1n) is 11.8. The zero-order chi connectivity index (χ0) is 22.3. The van der Waals surface area contributed by atoms with Crippen molar-refractivity contribution in [2.75, 3.05) is 34.8 Å². The SMILES string of the molecule is C[C@H]1CCCCN1c1cc(N2CCCCCC2)nc(NC(=S)NCc2ccc(F)cc2)n1. The Morgan fingerprint density at radius 2 is 1.69 bits per heavy atom. The van der Waals surface area contributed by atoms with Gasteiger partial charge in [0.25, 0.3) is 0 Å². The number of anilines is 3. The summed E-state index contributed by atoms with van der Waals surface area (Å²) >= 11 is 5.50. The van der Waals surface area contributed by atoms with Crippen molar-refractivity contribution in [1.82, 2.24) is 15.3 Å². The number of benzene rings is 1. The molecule has 8 heteroatoms. The van der Waals surface area contributed by atoms with E-state index in [2.05, 4.69) is 33.4 Å². The minimum absolute atomic E-state index is 0.243. The molecule has 2 aliphatic heterocycles. The summed E-state index contributed by atoms with van der Waals surface area (Å²) in [5.41, 5.74) is 0.956. The zero-order valence-corrected chi connectivity index (χ0v) is 19.6. The van der Waals surface area contributed by atoms with Crippen molar-refractivity contribution >= 4 is 34.9 Å². The van der Waals surface area contributed by atoms with Gasteiger partial charge in [0.05, 0.1) is 0 Å². The van der Waals surface area contributed by atoms with Crippen LogP contribution in [0.3, 0.4) is 0 Å². The summed E-state index contributed by atoms with van der Waals surface area (Å²) in [7, 11) is 0. The van der Waals surface area contributed by atoms with Crippen molar-refractivity contribution in [2.45, 2.75) is 64.5 Å². The van der Waals surface area contributed by atoms with E-state index < -0.39 is 0 Å². The second kappa shape index (κ2) is 10.9. The number of halogens is 1. The maximum Gasteiger partial charge on any atom is 0.232 e. The van der Waals surface area contributed by atoms with E-state index in [9.17, 15) is 4.39 Å². The molecule has 2 aromatic rings. The molecule has 2 saturated heterocycles. The summed E-state index contributed by atoms with van der Waals surface area (Å²) in [6.07, 6.45) is 8.58. The number of piperidine rings is 1. The molecule has 6 nitrogen and oxygen atoms in total. The third-order valence-corrected chi connectivity index (χ3v) is 6.56. The fourth-order valence-corrected chi connectivity index (χ4v) is 4.62. The lowest BCUT2D eigenvalue weighted by molar-refractivity contribution is 0.481. The quantitative estimate of drug-likeness (QED) is 0.623. The van der Waals surface area contributed by atoms with Crippen LogP contribution in [0.25, 0.3) is 0 Å². The summed E-state index contributed by atoms with van der Waals surface area (Å²) in [4.78, 5) is 14.4. The molecule has 172 valence electrons. The number of hydrogen-bond donors (Lipinski definition) is 2. The highest BCUT2D eigenvalue weighted by molar-refractivity contribution is 7.80. The van der Waals surface area contributed by atoms with Gasteiger partial charge < -0.3 is 20.4 Å². The van der Waals surface area contributed by atoms with E-state index in [4.69, 9.17) is 22.2 Å². The largest absolute Gasteiger partial charge is 0.358 e. The molecule has 1 aromatic carbocycles. The first kappa shape index (κ1) is 22.7. The highest BCUT2D eigenvalue weighted by Gasteiger charge is 2.22. The highest BCUT2D eigenvalue weighted by Crippen LogP contribution is 2.28. The van der Waals surface area contributed by atoms with E-state index in [1.165, 1.54) is 57.1 Å². The molecule has 0 saturated carbocycles. The van der Waals surface area contributed by atoms with E-state index in [0.717, 1.165) is 36.8 Å². The highest BCUT2D eigenvalue weighted by atomic mass is 32.1. The van der Waals surface area contributed by atoms with Crippen molar-refractivity contribution < 1.29 is 4.39 Å². The molecule has 0 radical (unpaired) electrons. The van der Waals surface area contributed by atoms with Gasteiger partial charge in [0.15, 0.2) is 5.11 Å². The molecular formula is C24H33FN6S. The third kappa shape index (κ3) is 6.06. The second-order valence-electron chi connectivity index (χ2n) is 8.78. The Hall–Kier alpha value is -2.48. The van der Waals surface area contributed by atoms with Gasteiger partial charge in [0.2, 0.25) is 5.95 Å². The molecule has 1 atom stereocenters. The normalized spacial score (nSPS) is 19.4. The number of aromatic nitrogens is 2. The summed E-state index contributed by atoms with van der Waals surface area (Å²) in [5, 5.41) is 6.82. The fourth-order valence-electron chi connectivity index (χ4n) is 4.46. The molecule has 3 heterocycles. The standard InChI is InChI=1S/C24H33FN6S/c1-18-8-4-7-15-31(18)22-16-21(30-13-5-2-3-6-14-30)27-23(28-22)29-24(32)26-17-19-9-11-20(25)12-10-19/h9-12,16,18H,2-8,13-15,17H2,1H3,(H2,26,27,28,29,32)/t18-/m0/s1. The maximum absolute atomic E-state index is 13.1. The van der Waals surface area contributed by atoms with Gasteiger partial charge in [-0.15, -0.1) is 0 Å². The van der Waals surface area contributed by atoms with E-state index in [1.54, 1.807) is 12.1 Å². The molecule has 2 aliphatic rings. The van der Waals surface area contributed by atoms with Gasteiger partial charge >= 0.3 is 0 Å². The number of nitrogens with one attached hydrogen (secondary N) is 2. The predicted octanol–water partition coefficient (Wildman–Crippen LogP) is 4.86. The summed E-state index contributed by atoms with van der Waals surface area (Å²) in [5.74, 6) is 2.22. The van der Waals surface area contributed by atoms with Gasteiger partial charge in [0, 0.05) is 38.3 Å². The Morgan fingerprint density at radius 1 is 1.00 bits per heavy atom. The summed E-state index contributed by atoms with van der Waals surface area (Å²) in [6, 6.07) is 9.01. The van der Waals surface area contributed by atoms with Crippen LogP contribution in [0.4, 0.5) is 22.0 Å². The number of hydrogen-bond acceptors (Lipinski definition) is 5. The monoisotopic (exact) mass is 456 g/mol. The molecule has 0 aliphatic carbocycles. The fraction of sp³-hybridized carbons (Fsp3) is 0.542. The van der Waals surface area contributed by atoms with Crippen molar-refractivity contribution in [3.05, 3.63) is 41.7 Å². The van der Waals surface area contributed by atoms with E-state index in [-0.39, 0.29) is 5.82 Å². The molecule has 2 N–H and O–H groups in total. The van der Waals surface area contributed by atoms with Gasteiger partial charge in [-0.2, -0.15) is 9.97 Å². The van der Waals surface area contributed by atoms with Crippen molar-refractivity contribution in [3.8, 4) is 0 Å². The molecule has 0 spiro atoms. The zero-order valence-electron chi connectivity index (χ0n) is 18.8. The minimum Gasteiger partial charge on any atom is -0.358 e. The van der Waals surface area contributed by atoms with E-state index in [1.807, 2.05) is 0 Å². The molecule has 0 amide bonds. The van der Waals surface area contributed by atoms with Gasteiger partial charge in [-0.3, -0.25) is 0 Å². The Morgan fingerprint density at radius 3 is 2.41 bits per heavy atom. The molecule has 0 bridgehead atoms. The molecule has 32 heavy (non-hydrogen) atoms.